The number of benzene rings is 9. The molecule has 268 valence electrons. The van der Waals surface area contributed by atoms with Crippen LogP contribution in [-0.4, -0.2) is 0 Å². The minimum atomic E-state index is 1.12. The molecule has 2 heterocycles. The summed E-state index contributed by atoms with van der Waals surface area (Å²) in [5.74, 6) is 0. The molecule has 0 spiro atoms. The lowest BCUT2D eigenvalue weighted by atomic mass is 9.87. The summed E-state index contributed by atoms with van der Waals surface area (Å²) in [5, 5.41) is 5.13. The van der Waals surface area contributed by atoms with E-state index in [-0.39, 0.29) is 0 Å². The average molecular weight is 762 g/mol. The van der Waals surface area contributed by atoms with Gasteiger partial charge in [0.2, 0.25) is 0 Å². The first-order valence-electron chi connectivity index (χ1n) is 19.4. The Morgan fingerprint density at radius 3 is 1.56 bits per heavy atom. The summed E-state index contributed by atoms with van der Waals surface area (Å²) >= 11 is 3.75. The first kappa shape index (κ1) is 33.5. The minimum absolute atomic E-state index is 1.12. The third kappa shape index (κ3) is 5.66. The van der Waals surface area contributed by atoms with Gasteiger partial charge < -0.3 is 4.90 Å². The number of nitrogens with zero attached hydrogens (tertiary/aromatic N) is 1. The standard InChI is InChI=1S/C54H35NS2/c1-3-18-36(19-4-1)38-22-7-8-25-42(38)52-39(37-20-5-2-6-21-37)27-16-31-47(52)55(48-32-17-35-51-53(48)45-26-11-14-34-50(45)56-51)46-30-12-9-23-40(46)43-28-15-29-44-41-24-10-13-33-49(41)57-54(43)44/h1-35H. The first-order valence-corrected chi connectivity index (χ1v) is 21.0. The molecule has 57 heavy (non-hydrogen) atoms. The molecule has 3 heteroatoms. The Bertz CT molecular complexity index is 3250. The van der Waals surface area contributed by atoms with E-state index < -0.39 is 0 Å². The van der Waals surface area contributed by atoms with Gasteiger partial charge in [-0.15, -0.1) is 22.7 Å². The van der Waals surface area contributed by atoms with Gasteiger partial charge in [-0.05, 0) is 64.2 Å². The van der Waals surface area contributed by atoms with Gasteiger partial charge in [0.25, 0.3) is 0 Å². The smallest absolute Gasteiger partial charge is 0.0555 e. The van der Waals surface area contributed by atoms with E-state index in [4.69, 9.17) is 0 Å². The topological polar surface area (TPSA) is 3.24 Å². The van der Waals surface area contributed by atoms with Crippen molar-refractivity contribution in [3.8, 4) is 44.5 Å². The molecule has 0 fully saturated rings. The van der Waals surface area contributed by atoms with Gasteiger partial charge in [0.15, 0.2) is 0 Å². The SMILES string of the molecule is c1ccc(-c2ccccc2-c2c(-c3ccccc3)cccc2N(c2ccccc2-c2cccc3c2sc2ccccc23)c2cccc3sc4ccccc4c23)cc1. The summed E-state index contributed by atoms with van der Waals surface area (Å²) in [5.41, 5.74) is 13.0. The predicted octanol–water partition coefficient (Wildman–Crippen LogP) is 16.6. The Balaban J connectivity index is 1.28. The quantitative estimate of drug-likeness (QED) is 0.156. The van der Waals surface area contributed by atoms with E-state index in [0.29, 0.717) is 0 Å². The van der Waals surface area contributed by atoms with Crippen molar-refractivity contribution in [1.29, 1.82) is 0 Å². The third-order valence-electron chi connectivity index (χ3n) is 11.1. The van der Waals surface area contributed by atoms with Crippen molar-refractivity contribution in [2.24, 2.45) is 0 Å². The summed E-state index contributed by atoms with van der Waals surface area (Å²) in [6.45, 7) is 0. The molecular formula is C54H35NS2. The molecule has 0 aliphatic carbocycles. The molecule has 1 nitrogen and oxygen atoms in total. The molecule has 0 radical (unpaired) electrons. The third-order valence-corrected chi connectivity index (χ3v) is 13.5. The highest BCUT2D eigenvalue weighted by molar-refractivity contribution is 7.26. The number of hydrogen-bond acceptors (Lipinski definition) is 3. The van der Waals surface area contributed by atoms with E-state index in [1.807, 2.05) is 22.7 Å². The van der Waals surface area contributed by atoms with Crippen molar-refractivity contribution < 1.29 is 0 Å². The lowest BCUT2D eigenvalue weighted by molar-refractivity contribution is 1.30. The van der Waals surface area contributed by atoms with Crippen LogP contribution in [0.15, 0.2) is 212 Å². The maximum absolute atomic E-state index is 2.56. The first-order chi connectivity index (χ1) is 28.3. The van der Waals surface area contributed by atoms with Crippen LogP contribution >= 0.6 is 22.7 Å². The highest BCUT2D eigenvalue weighted by atomic mass is 32.1. The van der Waals surface area contributed by atoms with Crippen LogP contribution in [0.25, 0.3) is 84.9 Å². The number of hydrogen-bond donors (Lipinski definition) is 0. The summed E-state index contributed by atoms with van der Waals surface area (Å²) in [6.07, 6.45) is 0. The van der Waals surface area contributed by atoms with Gasteiger partial charge in [-0.25, -0.2) is 0 Å². The molecule has 0 amide bonds. The number of fused-ring (bicyclic) bond motifs is 6. The van der Waals surface area contributed by atoms with Gasteiger partial charge in [-0.2, -0.15) is 0 Å². The maximum Gasteiger partial charge on any atom is 0.0555 e. The zero-order valence-corrected chi connectivity index (χ0v) is 32.6. The van der Waals surface area contributed by atoms with Gasteiger partial charge in [0.05, 0.1) is 17.1 Å². The average Bonchev–Trinajstić information content (AvgIpc) is 3.87. The summed E-state index contributed by atoms with van der Waals surface area (Å²) < 4.78 is 5.17. The van der Waals surface area contributed by atoms with Gasteiger partial charge >= 0.3 is 0 Å². The Morgan fingerprint density at radius 1 is 0.281 bits per heavy atom. The number of thiophene rings is 2. The lowest BCUT2D eigenvalue weighted by Gasteiger charge is -2.32. The number of rotatable bonds is 7. The monoisotopic (exact) mass is 761 g/mol. The second kappa shape index (κ2) is 14.1. The molecule has 9 aromatic carbocycles. The van der Waals surface area contributed by atoms with Crippen molar-refractivity contribution in [2.45, 2.75) is 0 Å². The molecule has 0 aliphatic heterocycles. The molecule has 11 aromatic rings. The van der Waals surface area contributed by atoms with Crippen LogP contribution in [0, 0.1) is 0 Å². The molecule has 0 saturated carbocycles. The molecule has 0 unspecified atom stereocenters. The predicted molar refractivity (Wildman–Crippen MR) is 249 cm³/mol. The Labute approximate surface area is 340 Å². The number of anilines is 3. The normalized spacial score (nSPS) is 11.5. The van der Waals surface area contributed by atoms with Gasteiger partial charge in [-0.3, -0.25) is 0 Å². The van der Waals surface area contributed by atoms with Gasteiger partial charge in [0.1, 0.15) is 0 Å². The van der Waals surface area contributed by atoms with Crippen LogP contribution in [0.1, 0.15) is 0 Å². The van der Waals surface area contributed by atoms with E-state index in [1.165, 1.54) is 84.9 Å². The fourth-order valence-corrected chi connectivity index (χ4v) is 11.0. The van der Waals surface area contributed by atoms with Crippen molar-refractivity contribution in [2.75, 3.05) is 4.90 Å². The summed E-state index contributed by atoms with van der Waals surface area (Å²) in [4.78, 5) is 2.56. The largest absolute Gasteiger partial charge is 0.309 e. The van der Waals surface area contributed by atoms with Crippen molar-refractivity contribution in [3.63, 3.8) is 0 Å². The van der Waals surface area contributed by atoms with E-state index >= 15 is 0 Å². The maximum atomic E-state index is 2.56. The van der Waals surface area contributed by atoms with Crippen LogP contribution in [0.5, 0.6) is 0 Å². The highest BCUT2D eigenvalue weighted by Gasteiger charge is 2.27. The van der Waals surface area contributed by atoms with E-state index in [9.17, 15) is 0 Å². The molecule has 0 bridgehead atoms. The van der Waals surface area contributed by atoms with Gasteiger partial charge in [0, 0.05) is 57.0 Å². The van der Waals surface area contributed by atoms with Crippen molar-refractivity contribution in [3.05, 3.63) is 212 Å². The Morgan fingerprint density at radius 2 is 0.772 bits per heavy atom. The van der Waals surface area contributed by atoms with Crippen LogP contribution in [0.3, 0.4) is 0 Å². The van der Waals surface area contributed by atoms with Crippen LogP contribution in [-0.2, 0) is 0 Å². The molecule has 0 aliphatic rings. The van der Waals surface area contributed by atoms with E-state index in [1.54, 1.807) is 0 Å². The highest BCUT2D eigenvalue weighted by Crippen LogP contribution is 2.53. The molecule has 11 rings (SSSR count). The second-order valence-electron chi connectivity index (χ2n) is 14.4. The van der Waals surface area contributed by atoms with Crippen LogP contribution in [0.2, 0.25) is 0 Å². The summed E-state index contributed by atoms with van der Waals surface area (Å²) in [6, 6.07) is 77.7. The van der Waals surface area contributed by atoms with Crippen LogP contribution in [0.4, 0.5) is 17.1 Å². The van der Waals surface area contributed by atoms with Gasteiger partial charge in [-0.1, -0.05) is 176 Å². The van der Waals surface area contributed by atoms with E-state index in [2.05, 4.69) is 217 Å². The molecular weight excluding hydrogens is 727 g/mol. The lowest BCUT2D eigenvalue weighted by Crippen LogP contribution is -2.13. The van der Waals surface area contributed by atoms with Crippen molar-refractivity contribution >= 4 is 80.1 Å². The van der Waals surface area contributed by atoms with E-state index in [0.717, 1.165) is 17.1 Å². The molecule has 0 saturated heterocycles. The van der Waals surface area contributed by atoms with Crippen molar-refractivity contribution in [1.82, 2.24) is 0 Å². The zero-order chi connectivity index (χ0) is 37.7. The summed E-state index contributed by atoms with van der Waals surface area (Å²) in [7, 11) is 0. The molecule has 0 atom stereocenters. The minimum Gasteiger partial charge on any atom is -0.309 e. The Kier molecular flexibility index (Phi) is 8.28. The fourth-order valence-electron chi connectivity index (χ4n) is 8.63. The fraction of sp³-hybridized carbons (Fsp3) is 0. The molecule has 2 aromatic heterocycles. The second-order valence-corrected chi connectivity index (χ2v) is 16.5. The Hall–Kier alpha value is -6.78. The zero-order valence-electron chi connectivity index (χ0n) is 31.0. The van der Waals surface area contributed by atoms with Crippen LogP contribution < -0.4 is 4.90 Å². The molecule has 0 N–H and O–H groups in total. The number of para-hydroxylation sites is 1.